The van der Waals surface area contributed by atoms with Crippen molar-refractivity contribution in [3.63, 3.8) is 0 Å². The maximum absolute atomic E-state index is 5.18. The molecule has 0 radical (unpaired) electrons. The fraction of sp³-hybridized carbons (Fsp3) is 0.438. The monoisotopic (exact) mass is 271 g/mol. The molecular weight excluding hydrogens is 250 g/mol. The number of ether oxygens (including phenoxy) is 1. The Hall–Kier alpha value is -1.81. The van der Waals surface area contributed by atoms with Crippen LogP contribution in [0.1, 0.15) is 30.3 Å². The zero-order valence-electron chi connectivity index (χ0n) is 12.0. The lowest BCUT2D eigenvalue weighted by Gasteiger charge is -2.18. The maximum atomic E-state index is 5.18. The van der Waals surface area contributed by atoms with Gasteiger partial charge in [0.2, 0.25) is 0 Å². The van der Waals surface area contributed by atoms with Crippen molar-refractivity contribution in [3.05, 3.63) is 48.0 Å². The minimum Gasteiger partial charge on any atom is -0.497 e. The Morgan fingerprint density at radius 1 is 1.35 bits per heavy atom. The van der Waals surface area contributed by atoms with Crippen LogP contribution in [0.3, 0.4) is 0 Å². The van der Waals surface area contributed by atoms with Gasteiger partial charge >= 0.3 is 0 Å². The molecule has 0 amide bonds. The number of benzene rings is 1. The first-order valence-corrected chi connectivity index (χ1v) is 7.11. The Morgan fingerprint density at radius 3 is 2.65 bits per heavy atom. The average molecular weight is 271 g/mol. The largest absolute Gasteiger partial charge is 0.497 e. The molecule has 1 N–H and O–H groups in total. The highest BCUT2D eigenvalue weighted by Gasteiger charge is 2.34. The Morgan fingerprint density at radius 2 is 2.10 bits per heavy atom. The number of nitrogens with zero attached hydrogens (tertiary/aromatic N) is 2. The molecule has 1 heterocycles. The zero-order chi connectivity index (χ0) is 13.9. The normalized spacial score (nSPS) is 16.1. The van der Waals surface area contributed by atoms with E-state index < -0.39 is 0 Å². The molecule has 1 aromatic heterocycles. The van der Waals surface area contributed by atoms with Gasteiger partial charge in [0.25, 0.3) is 0 Å². The predicted octanol–water partition coefficient (Wildman–Crippen LogP) is 2.67. The van der Waals surface area contributed by atoms with Crippen LogP contribution in [-0.2, 0) is 13.6 Å². The van der Waals surface area contributed by atoms with Gasteiger partial charge in [0.1, 0.15) is 11.6 Å². The van der Waals surface area contributed by atoms with Gasteiger partial charge in [-0.15, -0.1) is 0 Å². The van der Waals surface area contributed by atoms with Crippen molar-refractivity contribution in [1.82, 2.24) is 14.9 Å². The van der Waals surface area contributed by atoms with E-state index in [1.54, 1.807) is 7.11 Å². The summed E-state index contributed by atoms with van der Waals surface area (Å²) in [6.45, 7) is 0.859. The van der Waals surface area contributed by atoms with Crippen LogP contribution < -0.4 is 10.1 Å². The Balaban J connectivity index is 1.66. The smallest absolute Gasteiger partial charge is 0.125 e. The van der Waals surface area contributed by atoms with Crippen molar-refractivity contribution in [2.45, 2.75) is 25.4 Å². The second-order valence-electron chi connectivity index (χ2n) is 5.44. The van der Waals surface area contributed by atoms with E-state index in [9.17, 15) is 0 Å². The van der Waals surface area contributed by atoms with Gasteiger partial charge in [0.15, 0.2) is 0 Å². The van der Waals surface area contributed by atoms with Crippen LogP contribution in [0.25, 0.3) is 0 Å². The van der Waals surface area contributed by atoms with Gasteiger partial charge in [-0.25, -0.2) is 4.98 Å². The highest BCUT2D eigenvalue weighted by Crippen LogP contribution is 2.40. The van der Waals surface area contributed by atoms with Gasteiger partial charge < -0.3 is 14.6 Å². The molecule has 1 aromatic carbocycles. The van der Waals surface area contributed by atoms with Crippen molar-refractivity contribution >= 4 is 0 Å². The molecule has 1 saturated carbocycles. The first-order valence-electron chi connectivity index (χ1n) is 7.11. The van der Waals surface area contributed by atoms with Crippen molar-refractivity contribution in [3.8, 4) is 5.75 Å². The van der Waals surface area contributed by atoms with Crippen LogP contribution in [0.5, 0.6) is 5.75 Å². The van der Waals surface area contributed by atoms with Crippen molar-refractivity contribution in [2.75, 3.05) is 7.11 Å². The SMILES string of the molecule is COc1ccc(CN[C@@H](c2nccn2C)C2CC2)cc1. The molecule has 2 aromatic rings. The highest BCUT2D eigenvalue weighted by molar-refractivity contribution is 5.27. The lowest BCUT2D eigenvalue weighted by molar-refractivity contribution is 0.414. The van der Waals surface area contributed by atoms with E-state index in [1.807, 2.05) is 24.5 Å². The third kappa shape index (κ3) is 2.85. The summed E-state index contributed by atoms with van der Waals surface area (Å²) >= 11 is 0. The average Bonchev–Trinajstić information content (AvgIpc) is 3.23. The molecule has 1 aliphatic carbocycles. The topological polar surface area (TPSA) is 39.1 Å². The maximum Gasteiger partial charge on any atom is 0.125 e. The second kappa shape index (κ2) is 5.67. The second-order valence-corrected chi connectivity index (χ2v) is 5.44. The molecule has 3 rings (SSSR count). The van der Waals surface area contributed by atoms with E-state index in [1.165, 1.54) is 18.4 Å². The summed E-state index contributed by atoms with van der Waals surface area (Å²) in [7, 11) is 3.75. The zero-order valence-corrected chi connectivity index (χ0v) is 12.0. The molecule has 0 bridgehead atoms. The standard InChI is InChI=1S/C16H21N3O/c1-19-10-9-17-16(19)15(13-5-6-13)18-11-12-3-7-14(20-2)8-4-12/h3-4,7-10,13,15,18H,5-6,11H2,1-2H3/t15-/m1/s1. The molecule has 1 atom stereocenters. The van der Waals surface area contributed by atoms with E-state index >= 15 is 0 Å². The van der Waals surface area contributed by atoms with Crippen LogP contribution in [-0.4, -0.2) is 16.7 Å². The van der Waals surface area contributed by atoms with Crippen molar-refractivity contribution in [1.29, 1.82) is 0 Å². The minimum absolute atomic E-state index is 0.358. The van der Waals surface area contributed by atoms with Gasteiger partial charge in [-0.05, 0) is 36.5 Å². The molecule has 0 saturated heterocycles. The van der Waals surface area contributed by atoms with Crippen LogP contribution in [0.4, 0.5) is 0 Å². The molecule has 0 spiro atoms. The third-order valence-electron chi connectivity index (χ3n) is 3.92. The molecular formula is C16H21N3O. The van der Waals surface area contributed by atoms with Gasteiger partial charge in [-0.3, -0.25) is 0 Å². The van der Waals surface area contributed by atoms with Crippen LogP contribution in [0.2, 0.25) is 0 Å². The van der Waals surface area contributed by atoms with Crippen LogP contribution >= 0.6 is 0 Å². The highest BCUT2D eigenvalue weighted by atomic mass is 16.5. The first-order chi connectivity index (χ1) is 9.78. The molecule has 20 heavy (non-hydrogen) atoms. The molecule has 4 heteroatoms. The summed E-state index contributed by atoms with van der Waals surface area (Å²) in [5.41, 5.74) is 1.27. The quantitative estimate of drug-likeness (QED) is 0.878. The fourth-order valence-electron chi connectivity index (χ4n) is 2.55. The van der Waals surface area contributed by atoms with Gasteiger partial charge in [-0.2, -0.15) is 0 Å². The Labute approximate surface area is 119 Å². The minimum atomic E-state index is 0.358. The van der Waals surface area contributed by atoms with Gasteiger partial charge in [0.05, 0.1) is 13.2 Å². The van der Waals surface area contributed by atoms with E-state index in [0.717, 1.165) is 24.0 Å². The molecule has 1 aliphatic rings. The van der Waals surface area contributed by atoms with E-state index in [-0.39, 0.29) is 0 Å². The first kappa shape index (κ1) is 13.2. The van der Waals surface area contributed by atoms with E-state index in [2.05, 4.69) is 34.0 Å². The lowest BCUT2D eigenvalue weighted by atomic mass is 10.1. The summed E-state index contributed by atoms with van der Waals surface area (Å²) < 4.78 is 7.30. The van der Waals surface area contributed by atoms with Gasteiger partial charge in [0, 0.05) is 26.0 Å². The van der Waals surface area contributed by atoms with Crippen molar-refractivity contribution < 1.29 is 4.74 Å². The molecule has 1 fully saturated rings. The number of rotatable bonds is 6. The van der Waals surface area contributed by atoms with Crippen LogP contribution in [0.15, 0.2) is 36.7 Å². The number of hydrogen-bond donors (Lipinski definition) is 1. The summed E-state index contributed by atoms with van der Waals surface area (Å²) in [5.74, 6) is 2.77. The van der Waals surface area contributed by atoms with Crippen LogP contribution in [0, 0.1) is 5.92 Å². The number of methoxy groups -OCH3 is 1. The number of aromatic nitrogens is 2. The van der Waals surface area contributed by atoms with E-state index in [0.29, 0.717) is 6.04 Å². The fourth-order valence-corrected chi connectivity index (χ4v) is 2.55. The third-order valence-corrected chi connectivity index (χ3v) is 3.92. The summed E-state index contributed by atoms with van der Waals surface area (Å²) in [6.07, 6.45) is 6.49. The molecule has 4 nitrogen and oxygen atoms in total. The van der Waals surface area contributed by atoms with Gasteiger partial charge in [-0.1, -0.05) is 12.1 Å². The molecule has 0 aliphatic heterocycles. The number of nitrogens with one attached hydrogen (secondary N) is 1. The number of imidazole rings is 1. The van der Waals surface area contributed by atoms with Crippen molar-refractivity contribution in [2.24, 2.45) is 13.0 Å². The summed E-state index contributed by atoms with van der Waals surface area (Å²) in [5, 5.41) is 3.65. The Kier molecular flexibility index (Phi) is 3.74. The molecule has 0 unspecified atom stereocenters. The Bertz CT molecular complexity index is 557. The summed E-state index contributed by atoms with van der Waals surface area (Å²) in [4.78, 5) is 4.50. The lowest BCUT2D eigenvalue weighted by Crippen LogP contribution is -2.25. The van der Waals surface area contributed by atoms with E-state index in [4.69, 9.17) is 4.74 Å². The number of hydrogen-bond acceptors (Lipinski definition) is 3. The predicted molar refractivity (Wildman–Crippen MR) is 78.5 cm³/mol. The molecule has 106 valence electrons. The summed E-state index contributed by atoms with van der Waals surface area (Å²) in [6, 6.07) is 8.58. The number of aryl methyl sites for hydroxylation is 1.